The number of fused-ring (bicyclic) bond motifs is 1. The lowest BCUT2D eigenvalue weighted by atomic mass is 9.94. The summed E-state index contributed by atoms with van der Waals surface area (Å²) < 4.78 is 16.5. The van der Waals surface area contributed by atoms with E-state index in [-0.39, 0.29) is 41.8 Å². The Morgan fingerprint density at radius 3 is 2.33 bits per heavy atom. The largest absolute Gasteiger partial charge is 0.507 e. The van der Waals surface area contributed by atoms with Crippen LogP contribution in [0.4, 0.5) is 0 Å². The highest BCUT2D eigenvalue weighted by molar-refractivity contribution is 5.52. The number of ether oxygens (including phenoxy) is 3. The molecule has 0 saturated carbocycles. The van der Waals surface area contributed by atoms with E-state index < -0.39 is 36.8 Å². The number of aliphatic hydroxyl groups is 4. The van der Waals surface area contributed by atoms with Gasteiger partial charge in [0.05, 0.1) is 12.7 Å². The Morgan fingerprint density at radius 1 is 0.833 bits per heavy atom. The summed E-state index contributed by atoms with van der Waals surface area (Å²) in [5.74, 6) is -0.602. The predicted molar refractivity (Wildman–Crippen MR) is 99.3 cm³/mol. The van der Waals surface area contributed by atoms with Gasteiger partial charge >= 0.3 is 0 Å². The standard InChI is InChI=1S/C20H22O10/c21-11-2-1-8(3-13(11)23)19-14(24)6-10-12(22)4-9(5-16(10)30-19)29-20-18(27)17(26)15(25)7-28-20/h1-5,14-15,17-27H,6-7H2/t14-,15-,17-,18+,19+,20-/m0/s1. The van der Waals surface area contributed by atoms with Crippen LogP contribution in [0.2, 0.25) is 0 Å². The summed E-state index contributed by atoms with van der Waals surface area (Å²) in [7, 11) is 0. The number of rotatable bonds is 3. The molecule has 0 spiro atoms. The second-order valence-electron chi connectivity index (χ2n) is 7.35. The van der Waals surface area contributed by atoms with Crippen LogP contribution < -0.4 is 9.47 Å². The molecule has 2 aliphatic heterocycles. The van der Waals surface area contributed by atoms with Gasteiger partial charge in [0.15, 0.2) is 11.5 Å². The SMILES string of the molecule is Oc1ccc([C@H]2Oc3cc(O[C@@H]4OC[C@H](O)[C@H](O)[C@H]4O)cc(O)c3C[C@@H]2O)cc1O. The smallest absolute Gasteiger partial charge is 0.228 e. The van der Waals surface area contributed by atoms with Crippen LogP contribution in [0, 0.1) is 0 Å². The fourth-order valence-corrected chi connectivity index (χ4v) is 3.54. The summed E-state index contributed by atoms with van der Waals surface area (Å²) in [6.07, 6.45) is -7.34. The molecule has 10 heteroatoms. The van der Waals surface area contributed by atoms with Gasteiger partial charge in [0, 0.05) is 24.1 Å². The van der Waals surface area contributed by atoms with Gasteiger partial charge in [-0.3, -0.25) is 0 Å². The van der Waals surface area contributed by atoms with Crippen molar-refractivity contribution in [2.45, 2.75) is 43.2 Å². The van der Waals surface area contributed by atoms with E-state index in [1.165, 1.54) is 30.3 Å². The molecule has 6 atom stereocenters. The fourth-order valence-electron chi connectivity index (χ4n) is 3.54. The highest BCUT2D eigenvalue weighted by Gasteiger charge is 2.39. The van der Waals surface area contributed by atoms with Gasteiger partial charge in [-0.1, -0.05) is 6.07 Å². The Hall–Kier alpha value is -2.76. The molecule has 2 aromatic rings. The fraction of sp³-hybridized carbons (Fsp3) is 0.400. The zero-order valence-electron chi connectivity index (χ0n) is 15.6. The maximum absolute atomic E-state index is 10.5. The van der Waals surface area contributed by atoms with Crippen LogP contribution in [0.25, 0.3) is 0 Å². The molecule has 4 rings (SSSR count). The Labute approximate surface area is 170 Å². The first-order chi connectivity index (χ1) is 14.2. The number of hydrogen-bond donors (Lipinski definition) is 7. The highest BCUT2D eigenvalue weighted by Crippen LogP contribution is 2.43. The van der Waals surface area contributed by atoms with Crippen molar-refractivity contribution in [1.82, 2.24) is 0 Å². The number of aliphatic hydroxyl groups excluding tert-OH is 4. The van der Waals surface area contributed by atoms with Gasteiger partial charge in [0.2, 0.25) is 6.29 Å². The van der Waals surface area contributed by atoms with Crippen LogP contribution in [0.15, 0.2) is 30.3 Å². The summed E-state index contributed by atoms with van der Waals surface area (Å²) in [5, 5.41) is 69.3. The van der Waals surface area contributed by atoms with Gasteiger partial charge in [-0.2, -0.15) is 0 Å². The van der Waals surface area contributed by atoms with E-state index in [4.69, 9.17) is 14.2 Å². The molecule has 2 aliphatic rings. The lowest BCUT2D eigenvalue weighted by Gasteiger charge is -2.35. The number of phenolic OH excluding ortho intramolecular Hbond substituents is 3. The molecule has 0 unspecified atom stereocenters. The molecule has 10 nitrogen and oxygen atoms in total. The Bertz CT molecular complexity index is 932. The van der Waals surface area contributed by atoms with Crippen LogP contribution in [0.3, 0.4) is 0 Å². The molecule has 1 fully saturated rings. The minimum Gasteiger partial charge on any atom is -0.507 e. The van der Waals surface area contributed by atoms with Crippen LogP contribution in [0.5, 0.6) is 28.7 Å². The highest BCUT2D eigenvalue weighted by atomic mass is 16.7. The van der Waals surface area contributed by atoms with Crippen molar-refractivity contribution in [3.63, 3.8) is 0 Å². The van der Waals surface area contributed by atoms with Gasteiger partial charge in [-0.15, -0.1) is 0 Å². The quantitative estimate of drug-likeness (QED) is 0.325. The van der Waals surface area contributed by atoms with Crippen LogP contribution >= 0.6 is 0 Å². The molecule has 0 radical (unpaired) electrons. The Morgan fingerprint density at radius 2 is 1.60 bits per heavy atom. The first-order valence-corrected chi connectivity index (χ1v) is 9.29. The van der Waals surface area contributed by atoms with Gasteiger partial charge in [-0.05, 0) is 17.7 Å². The zero-order valence-corrected chi connectivity index (χ0v) is 15.6. The molecule has 0 amide bonds. The van der Waals surface area contributed by atoms with Crippen molar-refractivity contribution in [1.29, 1.82) is 0 Å². The Kier molecular flexibility index (Phi) is 5.35. The minimum absolute atomic E-state index is 0.0568. The summed E-state index contributed by atoms with van der Waals surface area (Å²) >= 11 is 0. The third-order valence-electron chi connectivity index (χ3n) is 5.21. The van der Waals surface area contributed by atoms with E-state index in [1.807, 2.05) is 0 Å². The summed E-state index contributed by atoms with van der Waals surface area (Å²) in [4.78, 5) is 0. The monoisotopic (exact) mass is 422 g/mol. The van der Waals surface area contributed by atoms with E-state index >= 15 is 0 Å². The maximum Gasteiger partial charge on any atom is 0.228 e. The molecule has 0 aliphatic carbocycles. The molecule has 7 N–H and O–H groups in total. The van der Waals surface area contributed by atoms with E-state index in [0.717, 1.165) is 0 Å². The average Bonchev–Trinajstić information content (AvgIpc) is 2.71. The number of benzene rings is 2. The minimum atomic E-state index is -1.51. The number of aromatic hydroxyl groups is 3. The Balaban J connectivity index is 1.58. The third-order valence-corrected chi connectivity index (χ3v) is 5.21. The zero-order chi connectivity index (χ0) is 21.6. The summed E-state index contributed by atoms with van der Waals surface area (Å²) in [6, 6.07) is 6.73. The maximum atomic E-state index is 10.5. The van der Waals surface area contributed by atoms with Crippen molar-refractivity contribution >= 4 is 0 Å². The first-order valence-electron chi connectivity index (χ1n) is 9.29. The lowest BCUT2D eigenvalue weighted by molar-refractivity contribution is -0.242. The van der Waals surface area contributed by atoms with E-state index in [9.17, 15) is 35.7 Å². The topological polar surface area (TPSA) is 169 Å². The molecule has 1 saturated heterocycles. The van der Waals surface area contributed by atoms with Crippen LogP contribution in [0.1, 0.15) is 17.2 Å². The van der Waals surface area contributed by atoms with Gasteiger partial charge in [-0.25, -0.2) is 0 Å². The molecule has 2 aromatic carbocycles. The third kappa shape index (κ3) is 3.71. The number of hydrogen-bond acceptors (Lipinski definition) is 10. The van der Waals surface area contributed by atoms with Crippen molar-refractivity contribution in [2.24, 2.45) is 0 Å². The molecule has 30 heavy (non-hydrogen) atoms. The molecule has 0 aromatic heterocycles. The second kappa shape index (κ2) is 7.82. The average molecular weight is 422 g/mol. The summed E-state index contributed by atoms with van der Waals surface area (Å²) in [5.41, 5.74) is 0.757. The van der Waals surface area contributed by atoms with Gasteiger partial charge in [0.25, 0.3) is 0 Å². The molecular formula is C20H22O10. The van der Waals surface area contributed by atoms with E-state index in [2.05, 4.69) is 0 Å². The van der Waals surface area contributed by atoms with Gasteiger partial charge < -0.3 is 50.0 Å². The first kappa shape index (κ1) is 20.5. The van der Waals surface area contributed by atoms with E-state index in [0.29, 0.717) is 11.1 Å². The van der Waals surface area contributed by atoms with Gasteiger partial charge in [0.1, 0.15) is 41.7 Å². The second-order valence-corrected chi connectivity index (χ2v) is 7.35. The number of phenols is 3. The molecule has 0 bridgehead atoms. The molecule has 2 heterocycles. The van der Waals surface area contributed by atoms with Crippen LogP contribution in [-0.2, 0) is 11.2 Å². The normalized spacial score (nSPS) is 30.9. The lowest BCUT2D eigenvalue weighted by Crippen LogP contribution is -2.54. The van der Waals surface area contributed by atoms with Crippen molar-refractivity contribution in [2.75, 3.05) is 6.61 Å². The summed E-state index contributed by atoms with van der Waals surface area (Å²) in [6.45, 7) is -0.241. The van der Waals surface area contributed by atoms with E-state index in [1.54, 1.807) is 0 Å². The van der Waals surface area contributed by atoms with Crippen molar-refractivity contribution in [3.8, 4) is 28.7 Å². The van der Waals surface area contributed by atoms with Crippen LogP contribution in [-0.4, -0.2) is 73.1 Å². The molecular weight excluding hydrogens is 400 g/mol. The predicted octanol–water partition coefficient (Wildman–Crippen LogP) is -0.342. The van der Waals surface area contributed by atoms with Crippen molar-refractivity contribution in [3.05, 3.63) is 41.5 Å². The molecule has 162 valence electrons. The van der Waals surface area contributed by atoms with Crippen molar-refractivity contribution < 1.29 is 50.0 Å².